The summed E-state index contributed by atoms with van der Waals surface area (Å²) in [4.78, 5) is 0. The molecule has 1 aromatic carbocycles. The Morgan fingerprint density at radius 2 is 1.33 bits per heavy atom. The highest BCUT2D eigenvalue weighted by atomic mass is 14.1. The minimum absolute atomic E-state index is 0.799. The van der Waals surface area contributed by atoms with Crippen LogP contribution in [0.1, 0.15) is 83.1 Å². The van der Waals surface area contributed by atoms with E-state index in [4.69, 9.17) is 0 Å². The molecule has 0 spiro atoms. The summed E-state index contributed by atoms with van der Waals surface area (Å²) >= 11 is 0. The lowest BCUT2D eigenvalue weighted by molar-refractivity contribution is 0.504. The second kappa shape index (κ2) is 10.2. The molecular weight excluding hydrogens is 216 g/mol. The van der Waals surface area contributed by atoms with E-state index < -0.39 is 0 Å². The molecule has 0 aliphatic rings. The van der Waals surface area contributed by atoms with Crippen molar-refractivity contribution in [3.8, 4) is 0 Å². The van der Waals surface area contributed by atoms with E-state index in [-0.39, 0.29) is 0 Å². The van der Waals surface area contributed by atoms with Crippen LogP contribution in [0.15, 0.2) is 30.3 Å². The molecule has 0 saturated heterocycles. The van der Waals surface area contributed by atoms with Crippen molar-refractivity contribution in [2.75, 3.05) is 0 Å². The predicted octanol–water partition coefficient (Wildman–Crippen LogP) is 6.32. The maximum absolute atomic E-state index is 2.31. The Morgan fingerprint density at radius 1 is 0.722 bits per heavy atom. The molecule has 1 rings (SSSR count). The van der Waals surface area contributed by atoms with Gasteiger partial charge in [0.2, 0.25) is 0 Å². The molecule has 1 atom stereocenters. The standard InChI is InChI=1S/C18H30/c1-3-5-7-8-10-14-17(13-6-4-2)18-15-11-9-12-16-18/h9,11-12,15-17H,3-8,10,13-14H2,1-2H3/t17-/m0/s1. The van der Waals surface area contributed by atoms with Crippen molar-refractivity contribution < 1.29 is 0 Å². The first-order valence-corrected chi connectivity index (χ1v) is 7.93. The van der Waals surface area contributed by atoms with Gasteiger partial charge in [0.05, 0.1) is 0 Å². The van der Waals surface area contributed by atoms with Gasteiger partial charge in [-0.3, -0.25) is 0 Å². The van der Waals surface area contributed by atoms with Crippen molar-refractivity contribution >= 4 is 0 Å². The van der Waals surface area contributed by atoms with Crippen LogP contribution in [-0.2, 0) is 0 Å². The zero-order valence-electron chi connectivity index (χ0n) is 12.3. The van der Waals surface area contributed by atoms with Crippen LogP contribution in [-0.4, -0.2) is 0 Å². The number of benzene rings is 1. The van der Waals surface area contributed by atoms with Crippen molar-refractivity contribution in [2.24, 2.45) is 0 Å². The fraction of sp³-hybridized carbons (Fsp3) is 0.667. The molecule has 102 valence electrons. The predicted molar refractivity (Wildman–Crippen MR) is 82.1 cm³/mol. The van der Waals surface area contributed by atoms with Crippen LogP contribution in [0.25, 0.3) is 0 Å². The molecule has 0 radical (unpaired) electrons. The van der Waals surface area contributed by atoms with Gasteiger partial charge < -0.3 is 0 Å². The summed E-state index contributed by atoms with van der Waals surface area (Å²) in [5.41, 5.74) is 1.56. The second-order valence-corrected chi connectivity index (χ2v) is 5.45. The molecule has 0 bridgehead atoms. The minimum Gasteiger partial charge on any atom is -0.0654 e. The van der Waals surface area contributed by atoms with Gasteiger partial charge in [-0.05, 0) is 24.3 Å². The Hall–Kier alpha value is -0.780. The Morgan fingerprint density at radius 3 is 2.00 bits per heavy atom. The lowest BCUT2D eigenvalue weighted by Crippen LogP contribution is -1.99. The third-order valence-electron chi connectivity index (χ3n) is 3.83. The average molecular weight is 246 g/mol. The average Bonchev–Trinajstić information content (AvgIpc) is 2.43. The van der Waals surface area contributed by atoms with Crippen molar-refractivity contribution in [2.45, 2.75) is 77.6 Å². The molecule has 0 N–H and O–H groups in total. The molecule has 0 fully saturated rings. The van der Waals surface area contributed by atoms with E-state index in [0.29, 0.717) is 0 Å². The van der Waals surface area contributed by atoms with E-state index in [1.54, 1.807) is 5.56 Å². The third-order valence-corrected chi connectivity index (χ3v) is 3.83. The molecule has 0 saturated carbocycles. The van der Waals surface area contributed by atoms with E-state index in [2.05, 4.69) is 44.2 Å². The quantitative estimate of drug-likeness (QED) is 0.424. The normalized spacial score (nSPS) is 12.6. The topological polar surface area (TPSA) is 0 Å². The van der Waals surface area contributed by atoms with Crippen LogP contribution in [0.5, 0.6) is 0 Å². The van der Waals surface area contributed by atoms with Crippen LogP contribution in [0.2, 0.25) is 0 Å². The fourth-order valence-electron chi connectivity index (χ4n) is 2.65. The molecule has 0 aromatic heterocycles. The van der Waals surface area contributed by atoms with E-state index in [0.717, 1.165) is 5.92 Å². The third kappa shape index (κ3) is 6.23. The van der Waals surface area contributed by atoms with Crippen LogP contribution in [0.3, 0.4) is 0 Å². The number of hydrogen-bond donors (Lipinski definition) is 0. The van der Waals surface area contributed by atoms with Crippen molar-refractivity contribution in [1.82, 2.24) is 0 Å². The summed E-state index contributed by atoms with van der Waals surface area (Å²) in [6.07, 6.45) is 12.4. The summed E-state index contributed by atoms with van der Waals surface area (Å²) in [6.45, 7) is 4.58. The molecular formula is C18H30. The summed E-state index contributed by atoms with van der Waals surface area (Å²) in [5, 5.41) is 0. The summed E-state index contributed by atoms with van der Waals surface area (Å²) in [7, 11) is 0. The van der Waals surface area contributed by atoms with E-state index in [9.17, 15) is 0 Å². The van der Waals surface area contributed by atoms with Crippen LogP contribution in [0.4, 0.5) is 0 Å². The lowest BCUT2D eigenvalue weighted by Gasteiger charge is -2.17. The molecule has 0 amide bonds. The van der Waals surface area contributed by atoms with Crippen LogP contribution < -0.4 is 0 Å². The SMILES string of the molecule is CCCCCCC[C@H](CCCC)c1ccccc1. The molecule has 0 aliphatic heterocycles. The zero-order chi connectivity index (χ0) is 13.1. The fourth-order valence-corrected chi connectivity index (χ4v) is 2.65. The first kappa shape index (κ1) is 15.3. The summed E-state index contributed by atoms with van der Waals surface area (Å²) in [6, 6.07) is 11.1. The highest BCUT2D eigenvalue weighted by Gasteiger charge is 2.10. The molecule has 1 aromatic rings. The molecule has 0 heterocycles. The highest BCUT2D eigenvalue weighted by molar-refractivity contribution is 5.19. The van der Waals surface area contributed by atoms with Crippen molar-refractivity contribution in [1.29, 1.82) is 0 Å². The number of rotatable bonds is 10. The largest absolute Gasteiger partial charge is 0.0654 e. The van der Waals surface area contributed by atoms with Crippen molar-refractivity contribution in [3.05, 3.63) is 35.9 Å². The summed E-state index contributed by atoms with van der Waals surface area (Å²) in [5.74, 6) is 0.799. The van der Waals surface area contributed by atoms with Crippen LogP contribution in [0, 0.1) is 0 Å². The van der Waals surface area contributed by atoms with Gasteiger partial charge >= 0.3 is 0 Å². The van der Waals surface area contributed by atoms with E-state index >= 15 is 0 Å². The monoisotopic (exact) mass is 246 g/mol. The van der Waals surface area contributed by atoms with Gasteiger partial charge in [0, 0.05) is 0 Å². The molecule has 0 heteroatoms. The molecule has 0 aliphatic carbocycles. The first-order valence-electron chi connectivity index (χ1n) is 7.93. The maximum atomic E-state index is 2.31. The van der Waals surface area contributed by atoms with Crippen LogP contribution >= 0.6 is 0 Å². The van der Waals surface area contributed by atoms with Gasteiger partial charge in [0.15, 0.2) is 0 Å². The maximum Gasteiger partial charge on any atom is -0.0162 e. The van der Waals surface area contributed by atoms with Gasteiger partial charge in [-0.25, -0.2) is 0 Å². The van der Waals surface area contributed by atoms with E-state index in [1.165, 1.54) is 57.8 Å². The van der Waals surface area contributed by atoms with Gasteiger partial charge in [0.25, 0.3) is 0 Å². The smallest absolute Gasteiger partial charge is 0.0162 e. The molecule has 18 heavy (non-hydrogen) atoms. The number of unbranched alkanes of at least 4 members (excludes halogenated alkanes) is 5. The molecule has 0 nitrogen and oxygen atoms in total. The van der Waals surface area contributed by atoms with Gasteiger partial charge in [-0.15, -0.1) is 0 Å². The van der Waals surface area contributed by atoms with Gasteiger partial charge in [-0.2, -0.15) is 0 Å². The van der Waals surface area contributed by atoms with Gasteiger partial charge in [0.1, 0.15) is 0 Å². The highest BCUT2D eigenvalue weighted by Crippen LogP contribution is 2.27. The summed E-state index contributed by atoms with van der Waals surface area (Å²) < 4.78 is 0. The lowest BCUT2D eigenvalue weighted by atomic mass is 9.88. The molecule has 0 unspecified atom stereocenters. The number of hydrogen-bond acceptors (Lipinski definition) is 0. The van der Waals surface area contributed by atoms with Gasteiger partial charge in [-0.1, -0.05) is 89.1 Å². The van der Waals surface area contributed by atoms with Crippen molar-refractivity contribution in [3.63, 3.8) is 0 Å². The first-order chi connectivity index (χ1) is 8.88. The Balaban J connectivity index is 2.36. The Labute approximate surface area is 114 Å². The Bertz CT molecular complexity index is 275. The second-order valence-electron chi connectivity index (χ2n) is 5.45. The van der Waals surface area contributed by atoms with E-state index in [1.807, 2.05) is 0 Å². The zero-order valence-corrected chi connectivity index (χ0v) is 12.3. The minimum atomic E-state index is 0.799. The Kier molecular flexibility index (Phi) is 8.63.